The number of carbonyl (C=O) groups excluding carboxylic acids is 1. The van der Waals surface area contributed by atoms with E-state index in [1.165, 1.54) is 0 Å². The predicted octanol–water partition coefficient (Wildman–Crippen LogP) is 3.57. The molecular formula is C30H51NO8. The Morgan fingerprint density at radius 3 is 2.33 bits per heavy atom. The van der Waals surface area contributed by atoms with Crippen LogP contribution >= 0.6 is 0 Å². The van der Waals surface area contributed by atoms with Crippen molar-refractivity contribution in [2.24, 2.45) is 11.8 Å². The lowest BCUT2D eigenvalue weighted by Gasteiger charge is -2.47. The van der Waals surface area contributed by atoms with Crippen molar-refractivity contribution < 1.29 is 38.7 Å². The number of esters is 1. The van der Waals surface area contributed by atoms with Crippen molar-refractivity contribution in [1.82, 2.24) is 4.90 Å². The average molecular weight is 554 g/mol. The number of ether oxygens (including phenoxy) is 5. The lowest BCUT2D eigenvalue weighted by atomic mass is 9.78. The molecule has 3 heterocycles. The van der Waals surface area contributed by atoms with Gasteiger partial charge in [0.2, 0.25) is 0 Å². The van der Waals surface area contributed by atoms with Gasteiger partial charge in [0, 0.05) is 25.5 Å². The molecule has 2 N–H and O–H groups in total. The SMILES string of the molecule is CC[C@H]1OC(=O)[C@H](C)[C@@H](O)[C@H](C)[C@@H](O[C@@H]2OC(C)C[C@@H](N(C)C)C2O)[C@](C)(OC)CC(C)=C2O[C@@]1(C)C=C2C. The van der Waals surface area contributed by atoms with Gasteiger partial charge >= 0.3 is 5.97 Å². The van der Waals surface area contributed by atoms with Crippen LogP contribution in [-0.2, 0) is 28.5 Å². The predicted molar refractivity (Wildman–Crippen MR) is 148 cm³/mol. The van der Waals surface area contributed by atoms with Crippen molar-refractivity contribution >= 4 is 5.97 Å². The van der Waals surface area contributed by atoms with Gasteiger partial charge in [-0.05, 0) is 85.7 Å². The molecule has 11 atom stereocenters. The fourth-order valence-corrected chi connectivity index (χ4v) is 6.55. The molecule has 39 heavy (non-hydrogen) atoms. The Kier molecular flexibility index (Phi) is 9.99. The molecule has 0 spiro atoms. The van der Waals surface area contributed by atoms with E-state index in [1.807, 2.05) is 73.5 Å². The number of hydrogen-bond donors (Lipinski definition) is 2. The number of aliphatic hydroxyl groups is 2. The molecule has 0 saturated carbocycles. The quantitative estimate of drug-likeness (QED) is 0.494. The van der Waals surface area contributed by atoms with Crippen LogP contribution in [0, 0.1) is 11.8 Å². The number of rotatable bonds is 5. The van der Waals surface area contributed by atoms with Gasteiger partial charge in [0.05, 0.1) is 29.8 Å². The van der Waals surface area contributed by atoms with Crippen LogP contribution in [0.5, 0.6) is 0 Å². The molecule has 3 aliphatic heterocycles. The number of fused-ring (bicyclic) bond motifs is 2. The van der Waals surface area contributed by atoms with E-state index < -0.39 is 59.7 Å². The normalized spacial score (nSPS) is 44.2. The molecule has 3 aliphatic rings. The molecule has 3 rings (SSSR count). The van der Waals surface area contributed by atoms with Crippen LogP contribution in [0.25, 0.3) is 0 Å². The van der Waals surface area contributed by atoms with E-state index in [2.05, 4.69) is 0 Å². The van der Waals surface area contributed by atoms with Gasteiger partial charge in [0.25, 0.3) is 0 Å². The Morgan fingerprint density at radius 2 is 1.77 bits per heavy atom. The van der Waals surface area contributed by atoms with Gasteiger partial charge in [-0.2, -0.15) is 0 Å². The third kappa shape index (κ3) is 6.39. The molecule has 0 aromatic heterocycles. The van der Waals surface area contributed by atoms with E-state index in [4.69, 9.17) is 23.7 Å². The fourth-order valence-electron chi connectivity index (χ4n) is 6.55. The second-order valence-corrected chi connectivity index (χ2v) is 12.5. The molecule has 0 aromatic carbocycles. The van der Waals surface area contributed by atoms with Crippen LogP contribution in [-0.4, -0.2) is 96.3 Å². The summed E-state index contributed by atoms with van der Waals surface area (Å²) in [5, 5.41) is 22.8. The van der Waals surface area contributed by atoms with Crippen LogP contribution in [0.15, 0.2) is 23.0 Å². The zero-order valence-electron chi connectivity index (χ0n) is 25.7. The third-order valence-electron chi connectivity index (χ3n) is 8.98. The highest BCUT2D eigenvalue weighted by atomic mass is 16.7. The number of hydrogen-bond acceptors (Lipinski definition) is 9. The Hall–Kier alpha value is -1.49. The highest BCUT2D eigenvalue weighted by molar-refractivity contribution is 5.73. The summed E-state index contributed by atoms with van der Waals surface area (Å²) >= 11 is 0. The summed E-state index contributed by atoms with van der Waals surface area (Å²) in [7, 11) is 5.46. The molecule has 1 fully saturated rings. The molecule has 0 amide bonds. The van der Waals surface area contributed by atoms with Crippen molar-refractivity contribution in [1.29, 1.82) is 0 Å². The molecule has 9 heteroatoms. The first-order valence-electron chi connectivity index (χ1n) is 14.3. The maximum absolute atomic E-state index is 13.3. The molecule has 2 bridgehead atoms. The van der Waals surface area contributed by atoms with Crippen LogP contribution in [0.4, 0.5) is 0 Å². The maximum Gasteiger partial charge on any atom is 0.311 e. The van der Waals surface area contributed by atoms with Gasteiger partial charge in [0.1, 0.15) is 18.0 Å². The summed E-state index contributed by atoms with van der Waals surface area (Å²) in [6.45, 7) is 15.3. The fraction of sp³-hybridized carbons (Fsp3) is 0.833. The number of cyclic esters (lactones) is 1. The number of allylic oxidation sites excluding steroid dienone is 1. The first kappa shape index (κ1) is 32.0. The summed E-state index contributed by atoms with van der Waals surface area (Å²) in [5.41, 5.74) is 0.128. The largest absolute Gasteiger partial charge is 0.479 e. The number of methoxy groups -OCH3 is 1. The molecule has 0 aromatic rings. The van der Waals surface area contributed by atoms with Crippen molar-refractivity contribution in [3.05, 3.63) is 23.0 Å². The molecule has 9 nitrogen and oxygen atoms in total. The topological polar surface area (TPSA) is 107 Å². The van der Waals surface area contributed by atoms with E-state index in [-0.39, 0.29) is 12.1 Å². The van der Waals surface area contributed by atoms with E-state index in [1.54, 1.807) is 14.0 Å². The number of nitrogens with zero attached hydrogens (tertiary/aromatic N) is 1. The Labute approximate surface area is 234 Å². The van der Waals surface area contributed by atoms with Crippen molar-refractivity contribution in [3.63, 3.8) is 0 Å². The second-order valence-electron chi connectivity index (χ2n) is 12.5. The van der Waals surface area contributed by atoms with E-state index in [9.17, 15) is 15.0 Å². The molecule has 1 saturated heterocycles. The zero-order chi connectivity index (χ0) is 29.4. The minimum Gasteiger partial charge on any atom is -0.479 e. The van der Waals surface area contributed by atoms with Gasteiger partial charge in [0.15, 0.2) is 11.9 Å². The van der Waals surface area contributed by atoms with Crippen LogP contribution in [0.1, 0.15) is 74.7 Å². The smallest absolute Gasteiger partial charge is 0.311 e. The minimum absolute atomic E-state index is 0.143. The second kappa shape index (κ2) is 12.2. The molecular weight excluding hydrogens is 502 g/mol. The highest BCUT2D eigenvalue weighted by Crippen LogP contribution is 2.43. The summed E-state index contributed by atoms with van der Waals surface area (Å²) in [5.74, 6) is -1.17. The lowest BCUT2D eigenvalue weighted by Crippen LogP contribution is -2.59. The van der Waals surface area contributed by atoms with Crippen molar-refractivity contribution in [3.8, 4) is 0 Å². The Morgan fingerprint density at radius 1 is 1.13 bits per heavy atom. The minimum atomic E-state index is -1.10. The van der Waals surface area contributed by atoms with Crippen LogP contribution in [0.3, 0.4) is 0 Å². The standard InChI is InChI=1S/C30H51NO8/c1-12-22-29(7)14-16(2)25(39-29)17(3)15-30(8,35-11)26(19(5)23(32)20(6)27(34)37-22)38-28-24(33)21(31(9)10)13-18(4)36-28/h14,18-24,26,28,32-33H,12-13,15H2,1-11H3/t18?,19-,20+,21+,22+,23-,24?,26+,28-,29-,30+/m0/s1. The summed E-state index contributed by atoms with van der Waals surface area (Å²) < 4.78 is 31.3. The molecule has 2 unspecified atom stereocenters. The van der Waals surface area contributed by atoms with Gasteiger partial charge in [-0.3, -0.25) is 4.79 Å². The maximum atomic E-state index is 13.3. The lowest BCUT2D eigenvalue weighted by molar-refractivity contribution is -0.300. The van der Waals surface area contributed by atoms with Crippen molar-refractivity contribution in [2.75, 3.05) is 21.2 Å². The third-order valence-corrected chi connectivity index (χ3v) is 8.98. The zero-order valence-corrected chi connectivity index (χ0v) is 25.7. The summed E-state index contributed by atoms with van der Waals surface area (Å²) in [6, 6.07) is -0.163. The average Bonchev–Trinajstić information content (AvgIpc) is 3.19. The first-order chi connectivity index (χ1) is 18.1. The number of aliphatic hydroxyl groups excluding tert-OH is 2. The first-order valence-corrected chi connectivity index (χ1v) is 14.3. The summed E-state index contributed by atoms with van der Waals surface area (Å²) in [6.07, 6.45) is -0.728. The van der Waals surface area contributed by atoms with Gasteiger partial charge in [-0.15, -0.1) is 0 Å². The highest BCUT2D eigenvalue weighted by Gasteiger charge is 2.50. The number of likely N-dealkylation sites (N-methyl/N-ethyl adjacent to an activating group) is 1. The molecule has 0 radical (unpaired) electrons. The summed E-state index contributed by atoms with van der Waals surface area (Å²) in [4.78, 5) is 15.3. The monoisotopic (exact) mass is 553 g/mol. The number of carbonyl (C=O) groups is 1. The van der Waals surface area contributed by atoms with E-state index in [0.29, 0.717) is 19.3 Å². The van der Waals surface area contributed by atoms with E-state index >= 15 is 0 Å². The Bertz CT molecular complexity index is 949. The molecule has 224 valence electrons. The van der Waals surface area contributed by atoms with Gasteiger partial charge < -0.3 is 38.8 Å². The van der Waals surface area contributed by atoms with Gasteiger partial charge in [-0.25, -0.2) is 0 Å². The van der Waals surface area contributed by atoms with Crippen molar-refractivity contribution in [2.45, 2.75) is 129 Å². The van der Waals surface area contributed by atoms with Crippen LogP contribution in [0.2, 0.25) is 0 Å². The van der Waals surface area contributed by atoms with Gasteiger partial charge in [-0.1, -0.05) is 13.8 Å². The van der Waals surface area contributed by atoms with Crippen LogP contribution < -0.4 is 0 Å². The van der Waals surface area contributed by atoms with E-state index in [0.717, 1.165) is 16.9 Å². The Balaban J connectivity index is 2.10. The molecule has 0 aliphatic carbocycles.